The van der Waals surface area contributed by atoms with Crippen LogP contribution in [0.4, 0.5) is 5.95 Å². The van der Waals surface area contributed by atoms with E-state index in [1.54, 1.807) is 29.5 Å². The van der Waals surface area contributed by atoms with Gasteiger partial charge >= 0.3 is 0 Å². The number of nitrogens with zero attached hydrogens (tertiary/aromatic N) is 3. The summed E-state index contributed by atoms with van der Waals surface area (Å²) in [4.78, 5) is 7.87. The Morgan fingerprint density at radius 2 is 2.24 bits per heavy atom. The van der Waals surface area contributed by atoms with Crippen molar-refractivity contribution in [3.8, 4) is 0 Å². The molecule has 1 heterocycles. The highest BCUT2D eigenvalue weighted by Gasteiger charge is 2.01. The van der Waals surface area contributed by atoms with Crippen molar-refractivity contribution in [3.63, 3.8) is 0 Å². The second-order valence-corrected chi connectivity index (χ2v) is 3.67. The first kappa shape index (κ1) is 11.3. The van der Waals surface area contributed by atoms with Crippen molar-refractivity contribution in [2.45, 2.75) is 12.8 Å². The fourth-order valence-corrected chi connectivity index (χ4v) is 1.52. The maximum Gasteiger partial charge on any atom is 0.220 e. The second-order valence-electron chi connectivity index (χ2n) is 3.67. The lowest BCUT2D eigenvalue weighted by Gasteiger charge is -2.16. The summed E-state index contributed by atoms with van der Waals surface area (Å²) in [6.07, 6.45) is 13.5. The van der Waals surface area contributed by atoms with E-state index in [9.17, 15) is 0 Å². The highest BCUT2D eigenvalue weighted by Crippen LogP contribution is 2.12. The molecule has 5 heteroatoms. The average Bonchev–Trinajstić information content (AvgIpc) is 2.37. The summed E-state index contributed by atoms with van der Waals surface area (Å²) in [6.45, 7) is 0. The number of hydrazine groups is 1. The summed E-state index contributed by atoms with van der Waals surface area (Å²) in [7, 11) is 0. The van der Waals surface area contributed by atoms with Gasteiger partial charge in [-0.3, -0.25) is 5.01 Å². The highest BCUT2D eigenvalue weighted by atomic mass is 15.4. The SMILES string of the molecule is Nc1nccc(/C=C/N(N)C2=CCCC=C2)n1. The maximum atomic E-state index is 5.89. The van der Waals surface area contributed by atoms with Crippen LogP contribution in [0, 0.1) is 0 Å². The van der Waals surface area contributed by atoms with Crippen molar-refractivity contribution in [3.05, 3.63) is 48.1 Å². The minimum absolute atomic E-state index is 0.257. The number of allylic oxidation sites excluding steroid dienone is 3. The van der Waals surface area contributed by atoms with Gasteiger partial charge in [-0.1, -0.05) is 12.2 Å². The van der Waals surface area contributed by atoms with Gasteiger partial charge in [-0.15, -0.1) is 0 Å². The third-order valence-corrected chi connectivity index (χ3v) is 2.38. The molecule has 0 radical (unpaired) electrons. The molecule has 1 aromatic heterocycles. The molecular formula is C12H15N5. The molecule has 0 unspecified atom stereocenters. The fourth-order valence-electron chi connectivity index (χ4n) is 1.52. The lowest BCUT2D eigenvalue weighted by molar-refractivity contribution is 0.506. The summed E-state index contributed by atoms with van der Waals surface area (Å²) in [6, 6.07) is 1.77. The number of nitrogens with two attached hydrogens (primary N) is 2. The van der Waals surface area contributed by atoms with E-state index in [-0.39, 0.29) is 5.95 Å². The number of nitrogen functional groups attached to an aromatic ring is 1. The molecule has 1 aliphatic carbocycles. The first-order valence-corrected chi connectivity index (χ1v) is 5.43. The molecule has 0 saturated heterocycles. The Morgan fingerprint density at radius 1 is 1.35 bits per heavy atom. The second kappa shape index (κ2) is 5.27. The van der Waals surface area contributed by atoms with Crippen LogP contribution in [0.2, 0.25) is 0 Å². The van der Waals surface area contributed by atoms with Gasteiger partial charge in [0, 0.05) is 12.4 Å². The Bertz CT molecular complexity index is 476. The minimum Gasteiger partial charge on any atom is -0.368 e. The normalized spacial score (nSPS) is 15.0. The maximum absolute atomic E-state index is 5.89. The van der Waals surface area contributed by atoms with E-state index >= 15 is 0 Å². The molecule has 1 aromatic rings. The van der Waals surface area contributed by atoms with Crippen LogP contribution in [-0.4, -0.2) is 15.0 Å². The van der Waals surface area contributed by atoms with E-state index in [0.29, 0.717) is 0 Å². The van der Waals surface area contributed by atoms with Crippen molar-refractivity contribution in [2.75, 3.05) is 5.73 Å². The quantitative estimate of drug-likeness (QED) is 0.605. The zero-order valence-corrected chi connectivity index (χ0v) is 9.45. The molecule has 2 rings (SSSR count). The Balaban J connectivity index is 2.05. The van der Waals surface area contributed by atoms with Crippen LogP contribution in [0.3, 0.4) is 0 Å². The van der Waals surface area contributed by atoms with Crippen LogP contribution >= 0.6 is 0 Å². The molecule has 0 amide bonds. The smallest absolute Gasteiger partial charge is 0.220 e. The van der Waals surface area contributed by atoms with Crippen LogP contribution in [0.25, 0.3) is 6.08 Å². The van der Waals surface area contributed by atoms with E-state index < -0.39 is 0 Å². The third kappa shape index (κ3) is 3.15. The van der Waals surface area contributed by atoms with Gasteiger partial charge in [-0.05, 0) is 31.1 Å². The number of hydrogen-bond donors (Lipinski definition) is 2. The van der Waals surface area contributed by atoms with Crippen molar-refractivity contribution in [1.29, 1.82) is 0 Å². The number of anilines is 1. The molecule has 0 spiro atoms. The molecule has 88 valence electrons. The molecule has 0 atom stereocenters. The van der Waals surface area contributed by atoms with Gasteiger partial charge in [-0.2, -0.15) is 0 Å². The number of aromatic nitrogens is 2. The van der Waals surface area contributed by atoms with Crippen molar-refractivity contribution in [1.82, 2.24) is 15.0 Å². The Hall–Kier alpha value is -2.14. The van der Waals surface area contributed by atoms with E-state index in [0.717, 1.165) is 24.2 Å². The molecule has 0 bridgehead atoms. The minimum atomic E-state index is 0.257. The summed E-state index contributed by atoms with van der Waals surface area (Å²) in [5.41, 5.74) is 7.20. The van der Waals surface area contributed by atoms with E-state index in [4.69, 9.17) is 11.6 Å². The summed E-state index contributed by atoms with van der Waals surface area (Å²) >= 11 is 0. The van der Waals surface area contributed by atoms with Crippen molar-refractivity contribution in [2.24, 2.45) is 5.84 Å². The van der Waals surface area contributed by atoms with E-state index in [1.807, 2.05) is 6.08 Å². The molecule has 4 N–H and O–H groups in total. The van der Waals surface area contributed by atoms with Gasteiger partial charge in [0.15, 0.2) is 0 Å². The molecule has 0 saturated carbocycles. The standard InChI is InChI=1S/C12H15N5/c13-12-15-8-6-10(16-12)7-9-17(14)11-4-2-1-3-5-11/h2,4-9H,1,3,14H2,(H2,13,15,16)/b9-7+. The van der Waals surface area contributed by atoms with Gasteiger partial charge in [0.2, 0.25) is 5.95 Å². The molecule has 1 aliphatic rings. The summed E-state index contributed by atoms with van der Waals surface area (Å²) < 4.78 is 0. The van der Waals surface area contributed by atoms with Crippen LogP contribution in [0.1, 0.15) is 18.5 Å². The molecular weight excluding hydrogens is 214 g/mol. The zero-order chi connectivity index (χ0) is 12.1. The summed E-state index contributed by atoms with van der Waals surface area (Å²) in [5.74, 6) is 6.14. The predicted molar refractivity (Wildman–Crippen MR) is 68.0 cm³/mol. The topological polar surface area (TPSA) is 81.1 Å². The molecule has 5 nitrogen and oxygen atoms in total. The van der Waals surface area contributed by atoms with Crippen LogP contribution in [0.5, 0.6) is 0 Å². The Labute approximate surface area is 100 Å². The Kier molecular flexibility index (Phi) is 3.52. The average molecular weight is 229 g/mol. The lowest BCUT2D eigenvalue weighted by atomic mass is 10.1. The molecule has 0 fully saturated rings. The third-order valence-electron chi connectivity index (χ3n) is 2.38. The first-order chi connectivity index (χ1) is 8.25. The number of rotatable bonds is 3. The van der Waals surface area contributed by atoms with E-state index in [2.05, 4.69) is 22.1 Å². The number of hydrogen-bond acceptors (Lipinski definition) is 5. The predicted octanol–water partition coefficient (Wildman–Crippen LogP) is 1.44. The van der Waals surface area contributed by atoms with Crippen LogP contribution in [-0.2, 0) is 0 Å². The van der Waals surface area contributed by atoms with Gasteiger partial charge in [0.05, 0.1) is 11.4 Å². The van der Waals surface area contributed by atoms with Gasteiger partial charge in [0.1, 0.15) is 0 Å². The first-order valence-electron chi connectivity index (χ1n) is 5.43. The largest absolute Gasteiger partial charge is 0.368 e. The molecule has 0 aliphatic heterocycles. The Morgan fingerprint density at radius 3 is 2.94 bits per heavy atom. The summed E-state index contributed by atoms with van der Waals surface area (Å²) in [5, 5.41) is 1.56. The van der Waals surface area contributed by atoms with Gasteiger partial charge in [0.25, 0.3) is 0 Å². The van der Waals surface area contributed by atoms with Crippen LogP contribution < -0.4 is 11.6 Å². The fraction of sp³-hybridized carbons (Fsp3) is 0.167. The van der Waals surface area contributed by atoms with Crippen molar-refractivity contribution >= 4 is 12.0 Å². The zero-order valence-electron chi connectivity index (χ0n) is 9.45. The monoisotopic (exact) mass is 229 g/mol. The van der Waals surface area contributed by atoms with Gasteiger partial charge in [-0.25, -0.2) is 15.8 Å². The molecule has 17 heavy (non-hydrogen) atoms. The lowest BCUT2D eigenvalue weighted by Crippen LogP contribution is -2.23. The van der Waals surface area contributed by atoms with Crippen LogP contribution in [0.15, 0.2) is 42.4 Å². The van der Waals surface area contributed by atoms with E-state index in [1.165, 1.54) is 0 Å². The van der Waals surface area contributed by atoms with Crippen molar-refractivity contribution < 1.29 is 0 Å². The van der Waals surface area contributed by atoms with Gasteiger partial charge < -0.3 is 5.73 Å². The molecule has 0 aromatic carbocycles. The highest BCUT2D eigenvalue weighted by molar-refractivity contribution is 5.45.